The van der Waals surface area contributed by atoms with Gasteiger partial charge in [0.2, 0.25) is 0 Å². The number of nitrogens with zero attached hydrogens (tertiary/aromatic N) is 2. The summed E-state index contributed by atoms with van der Waals surface area (Å²) in [6.07, 6.45) is 5.73. The van der Waals surface area contributed by atoms with Gasteiger partial charge in [0.1, 0.15) is 0 Å². The van der Waals surface area contributed by atoms with E-state index >= 15 is 0 Å². The van der Waals surface area contributed by atoms with Crippen LogP contribution in [0.15, 0.2) is 6.20 Å². The molecule has 0 saturated heterocycles. The molecule has 0 spiro atoms. The van der Waals surface area contributed by atoms with Crippen LogP contribution in [0.5, 0.6) is 0 Å². The Morgan fingerprint density at radius 3 is 2.88 bits per heavy atom. The molecular weight excluding hydrogens is 234 g/mol. The summed E-state index contributed by atoms with van der Waals surface area (Å²) in [6, 6.07) is 0.336. The smallest absolute Gasteiger partial charge is 0.0834 e. The highest BCUT2D eigenvalue weighted by molar-refractivity contribution is 6.31. The molecule has 0 amide bonds. The lowest BCUT2D eigenvalue weighted by atomic mass is 9.88. The van der Waals surface area contributed by atoms with Crippen LogP contribution in [-0.2, 0) is 6.54 Å². The van der Waals surface area contributed by atoms with Crippen molar-refractivity contribution in [1.82, 2.24) is 15.1 Å². The van der Waals surface area contributed by atoms with Gasteiger partial charge < -0.3 is 5.32 Å². The maximum Gasteiger partial charge on any atom is 0.0834 e. The van der Waals surface area contributed by atoms with Gasteiger partial charge in [-0.15, -0.1) is 0 Å². The Kier molecular flexibility index (Phi) is 4.10. The third-order valence-electron chi connectivity index (χ3n) is 4.09. The summed E-state index contributed by atoms with van der Waals surface area (Å²) in [7, 11) is 2.03. The topological polar surface area (TPSA) is 29.9 Å². The van der Waals surface area contributed by atoms with Crippen molar-refractivity contribution in [2.75, 3.05) is 7.05 Å². The van der Waals surface area contributed by atoms with Gasteiger partial charge in [0, 0.05) is 6.54 Å². The van der Waals surface area contributed by atoms with Gasteiger partial charge in [-0.1, -0.05) is 31.4 Å². The van der Waals surface area contributed by atoms with Crippen LogP contribution in [0.3, 0.4) is 0 Å². The molecule has 1 aromatic rings. The fraction of sp³-hybridized carbons (Fsp3) is 0.769. The minimum atomic E-state index is 0.336. The lowest BCUT2D eigenvalue weighted by Crippen LogP contribution is -2.29. The second kappa shape index (κ2) is 5.40. The molecular formula is C13H22ClN3. The zero-order valence-corrected chi connectivity index (χ0v) is 11.7. The fourth-order valence-electron chi connectivity index (χ4n) is 3.16. The molecule has 2 rings (SSSR count). The average molecular weight is 256 g/mol. The number of hydrogen-bond acceptors (Lipinski definition) is 2. The molecule has 0 bridgehead atoms. The van der Waals surface area contributed by atoms with Crippen molar-refractivity contribution in [3.8, 4) is 0 Å². The van der Waals surface area contributed by atoms with E-state index in [1.54, 1.807) is 6.20 Å². The first kappa shape index (κ1) is 12.9. The number of aryl methyl sites for hydroxylation is 1. The predicted octanol–water partition coefficient (Wildman–Crippen LogP) is 3.25. The molecule has 96 valence electrons. The van der Waals surface area contributed by atoms with Crippen LogP contribution in [0.25, 0.3) is 0 Å². The summed E-state index contributed by atoms with van der Waals surface area (Å²) < 4.78 is 2.02. The summed E-state index contributed by atoms with van der Waals surface area (Å²) >= 11 is 6.30. The number of hydrogen-bond donors (Lipinski definition) is 1. The number of aromatic nitrogens is 2. The minimum absolute atomic E-state index is 0.336. The van der Waals surface area contributed by atoms with Crippen LogP contribution in [-0.4, -0.2) is 16.8 Å². The van der Waals surface area contributed by atoms with E-state index in [1.165, 1.54) is 19.3 Å². The van der Waals surface area contributed by atoms with Gasteiger partial charge in [-0.05, 0) is 32.2 Å². The molecule has 17 heavy (non-hydrogen) atoms. The zero-order chi connectivity index (χ0) is 12.4. The summed E-state index contributed by atoms with van der Waals surface area (Å²) in [4.78, 5) is 0. The van der Waals surface area contributed by atoms with Crippen molar-refractivity contribution in [3.63, 3.8) is 0 Å². The second-order valence-electron chi connectivity index (χ2n) is 5.03. The average Bonchev–Trinajstić information content (AvgIpc) is 2.89. The molecule has 0 radical (unpaired) electrons. The summed E-state index contributed by atoms with van der Waals surface area (Å²) in [6.45, 7) is 5.33. The lowest BCUT2D eigenvalue weighted by Gasteiger charge is -2.27. The quantitative estimate of drug-likeness (QED) is 0.895. The second-order valence-corrected chi connectivity index (χ2v) is 5.44. The van der Waals surface area contributed by atoms with E-state index < -0.39 is 0 Å². The first-order valence-corrected chi connectivity index (χ1v) is 6.95. The third-order valence-corrected chi connectivity index (χ3v) is 4.39. The molecule has 1 aliphatic carbocycles. The highest BCUT2D eigenvalue weighted by Gasteiger charge is 2.33. The largest absolute Gasteiger partial charge is 0.311 e. The monoisotopic (exact) mass is 255 g/mol. The normalized spacial score (nSPS) is 26.4. The minimum Gasteiger partial charge on any atom is -0.311 e. The van der Waals surface area contributed by atoms with Gasteiger partial charge in [-0.3, -0.25) is 4.68 Å². The molecule has 1 heterocycles. The highest BCUT2D eigenvalue weighted by atomic mass is 35.5. The van der Waals surface area contributed by atoms with Crippen molar-refractivity contribution in [2.24, 2.45) is 11.8 Å². The predicted molar refractivity (Wildman–Crippen MR) is 71.2 cm³/mol. The number of halogens is 1. The third kappa shape index (κ3) is 2.36. The molecule has 0 aromatic carbocycles. The summed E-state index contributed by atoms with van der Waals surface area (Å²) in [5, 5.41) is 8.59. The van der Waals surface area contributed by atoms with Gasteiger partial charge in [-0.25, -0.2) is 0 Å². The van der Waals surface area contributed by atoms with E-state index in [0.717, 1.165) is 23.2 Å². The Morgan fingerprint density at radius 1 is 1.59 bits per heavy atom. The first-order chi connectivity index (χ1) is 8.19. The van der Waals surface area contributed by atoms with Crippen LogP contribution in [0.1, 0.15) is 44.8 Å². The van der Waals surface area contributed by atoms with E-state index in [2.05, 4.69) is 24.3 Å². The molecule has 1 aromatic heterocycles. The molecule has 3 unspecified atom stereocenters. The molecule has 1 N–H and O–H groups in total. The van der Waals surface area contributed by atoms with E-state index in [0.29, 0.717) is 12.0 Å². The Balaban J connectivity index is 2.31. The van der Waals surface area contributed by atoms with E-state index in [4.69, 9.17) is 11.6 Å². The maximum atomic E-state index is 6.30. The summed E-state index contributed by atoms with van der Waals surface area (Å²) in [5.74, 6) is 1.45. The lowest BCUT2D eigenvalue weighted by molar-refractivity contribution is 0.301. The zero-order valence-electron chi connectivity index (χ0n) is 10.9. The van der Waals surface area contributed by atoms with Gasteiger partial charge in [0.15, 0.2) is 0 Å². The number of nitrogens with one attached hydrogen (secondary N) is 1. The van der Waals surface area contributed by atoms with Crippen molar-refractivity contribution in [2.45, 2.75) is 45.7 Å². The number of rotatable bonds is 4. The standard InChI is InChI=1S/C13H22ClN3/c1-4-17-13(11(14)8-16-17)12(15-3)10-7-5-6-9(10)2/h8-10,12,15H,4-7H2,1-3H3. The Bertz CT molecular complexity index is 375. The van der Waals surface area contributed by atoms with Crippen molar-refractivity contribution < 1.29 is 0 Å². The van der Waals surface area contributed by atoms with E-state index in [9.17, 15) is 0 Å². The first-order valence-electron chi connectivity index (χ1n) is 6.57. The molecule has 4 heteroatoms. The van der Waals surface area contributed by atoms with Gasteiger partial charge in [0.25, 0.3) is 0 Å². The SMILES string of the molecule is CCn1ncc(Cl)c1C(NC)C1CCCC1C. The van der Waals surface area contributed by atoms with Crippen molar-refractivity contribution >= 4 is 11.6 Å². The molecule has 3 nitrogen and oxygen atoms in total. The van der Waals surface area contributed by atoms with Gasteiger partial charge >= 0.3 is 0 Å². The molecule has 1 saturated carbocycles. The molecule has 3 atom stereocenters. The van der Waals surface area contributed by atoms with Crippen molar-refractivity contribution in [3.05, 3.63) is 16.9 Å². The Hall–Kier alpha value is -0.540. The molecule has 1 fully saturated rings. The highest BCUT2D eigenvalue weighted by Crippen LogP contribution is 2.41. The van der Waals surface area contributed by atoms with Gasteiger partial charge in [0.05, 0.1) is 23.0 Å². The van der Waals surface area contributed by atoms with Crippen LogP contribution < -0.4 is 5.32 Å². The van der Waals surface area contributed by atoms with Gasteiger partial charge in [-0.2, -0.15) is 5.10 Å². The van der Waals surface area contributed by atoms with Crippen LogP contribution in [0.4, 0.5) is 0 Å². The van der Waals surface area contributed by atoms with E-state index in [-0.39, 0.29) is 0 Å². The van der Waals surface area contributed by atoms with E-state index in [1.807, 2.05) is 11.7 Å². The van der Waals surface area contributed by atoms with Crippen LogP contribution in [0.2, 0.25) is 5.02 Å². The Morgan fingerprint density at radius 2 is 2.35 bits per heavy atom. The summed E-state index contributed by atoms with van der Waals surface area (Å²) in [5.41, 5.74) is 1.16. The molecule has 1 aliphatic rings. The Labute approximate surface area is 109 Å². The maximum absolute atomic E-state index is 6.30. The van der Waals surface area contributed by atoms with Crippen molar-refractivity contribution in [1.29, 1.82) is 0 Å². The fourth-order valence-corrected chi connectivity index (χ4v) is 3.41. The van der Waals surface area contributed by atoms with Crippen LogP contribution in [0, 0.1) is 11.8 Å². The van der Waals surface area contributed by atoms with Crippen LogP contribution >= 0.6 is 11.6 Å². The molecule has 0 aliphatic heterocycles.